The number of carbonyl (C=O) groups excluding carboxylic acids is 1. The fourth-order valence-electron chi connectivity index (χ4n) is 2.65. The van der Waals surface area contributed by atoms with Crippen molar-refractivity contribution >= 4 is 28.1 Å². The minimum Gasteiger partial charge on any atom is -0.493 e. The van der Waals surface area contributed by atoms with E-state index in [0.29, 0.717) is 23.9 Å². The van der Waals surface area contributed by atoms with Gasteiger partial charge in [0.2, 0.25) is 0 Å². The molecular formula is C24H31BrN2O4. The van der Waals surface area contributed by atoms with E-state index in [1.165, 1.54) is 5.56 Å². The highest BCUT2D eigenvalue weighted by Gasteiger charge is 2.15. The topological polar surface area (TPSA) is 69.2 Å². The molecule has 0 aromatic heterocycles. The second kappa shape index (κ2) is 11.7. The van der Waals surface area contributed by atoms with Gasteiger partial charge in [-0.15, -0.1) is 0 Å². The summed E-state index contributed by atoms with van der Waals surface area (Å²) < 4.78 is 17.5. The number of halogens is 1. The van der Waals surface area contributed by atoms with Crippen LogP contribution in [0.15, 0.2) is 46.0 Å². The summed E-state index contributed by atoms with van der Waals surface area (Å²) in [5.74, 6) is 1.57. The summed E-state index contributed by atoms with van der Waals surface area (Å²) in [6.07, 6.45) is 3.59. The molecule has 0 aliphatic rings. The van der Waals surface area contributed by atoms with Crippen molar-refractivity contribution < 1.29 is 19.0 Å². The van der Waals surface area contributed by atoms with E-state index in [1.54, 1.807) is 19.4 Å². The molecule has 6 nitrogen and oxygen atoms in total. The highest BCUT2D eigenvalue weighted by molar-refractivity contribution is 9.10. The summed E-state index contributed by atoms with van der Waals surface area (Å²) in [5.41, 5.74) is 4.46. The molecule has 2 rings (SSSR count). The van der Waals surface area contributed by atoms with E-state index in [9.17, 15) is 4.79 Å². The smallest absolute Gasteiger partial charge is 0.277 e. The Labute approximate surface area is 193 Å². The highest BCUT2D eigenvalue weighted by Crippen LogP contribution is 2.31. The molecule has 7 heteroatoms. The Kier molecular flexibility index (Phi) is 9.37. The molecule has 2 aromatic carbocycles. The van der Waals surface area contributed by atoms with Crippen LogP contribution in [0.2, 0.25) is 0 Å². The molecule has 2 aromatic rings. The third kappa shape index (κ3) is 7.90. The van der Waals surface area contributed by atoms with Crippen LogP contribution in [0.25, 0.3) is 0 Å². The number of hydrogen-bond donors (Lipinski definition) is 1. The molecule has 0 aliphatic carbocycles. The van der Waals surface area contributed by atoms with Crippen LogP contribution in [0.1, 0.15) is 51.7 Å². The fraction of sp³-hybridized carbons (Fsp3) is 0.417. The standard InChI is InChI=1S/C24H31BrN2O4/c1-6-7-12-30-21-10-8-17(13-22(21)29-5)15-26-27-23(28)16-31-20-11-9-18(14-19(20)25)24(2,3)4/h8-11,13-15H,6-7,12,16H2,1-5H3,(H,27,28)/b26-15+. The molecule has 0 heterocycles. The molecule has 31 heavy (non-hydrogen) atoms. The molecular weight excluding hydrogens is 460 g/mol. The van der Waals surface area contributed by atoms with E-state index in [4.69, 9.17) is 14.2 Å². The summed E-state index contributed by atoms with van der Waals surface area (Å²) >= 11 is 3.50. The average molecular weight is 491 g/mol. The molecule has 0 saturated carbocycles. The van der Waals surface area contributed by atoms with Gasteiger partial charge in [-0.2, -0.15) is 5.10 Å². The van der Waals surface area contributed by atoms with Crippen LogP contribution in [-0.2, 0) is 10.2 Å². The van der Waals surface area contributed by atoms with Gasteiger partial charge in [0.1, 0.15) is 5.75 Å². The van der Waals surface area contributed by atoms with Crippen LogP contribution in [0.3, 0.4) is 0 Å². The first-order valence-electron chi connectivity index (χ1n) is 10.3. The van der Waals surface area contributed by atoms with E-state index in [1.807, 2.05) is 30.3 Å². The maximum Gasteiger partial charge on any atom is 0.277 e. The van der Waals surface area contributed by atoms with Crippen molar-refractivity contribution in [3.8, 4) is 17.2 Å². The Bertz CT molecular complexity index is 907. The molecule has 0 atom stereocenters. The number of amides is 1. The minimum absolute atomic E-state index is 0.0374. The normalized spacial score (nSPS) is 11.4. The Morgan fingerprint density at radius 3 is 2.48 bits per heavy atom. The van der Waals surface area contributed by atoms with Gasteiger partial charge in [-0.25, -0.2) is 5.43 Å². The van der Waals surface area contributed by atoms with Gasteiger partial charge >= 0.3 is 0 Å². The predicted molar refractivity (Wildman–Crippen MR) is 127 cm³/mol. The Morgan fingerprint density at radius 2 is 1.84 bits per heavy atom. The van der Waals surface area contributed by atoms with Gasteiger partial charge in [-0.3, -0.25) is 4.79 Å². The molecule has 0 bridgehead atoms. The average Bonchev–Trinajstić information content (AvgIpc) is 2.73. The number of hydrogen-bond acceptors (Lipinski definition) is 5. The van der Waals surface area contributed by atoms with Crippen molar-refractivity contribution in [2.24, 2.45) is 5.10 Å². The van der Waals surface area contributed by atoms with Crippen molar-refractivity contribution in [1.82, 2.24) is 5.43 Å². The van der Waals surface area contributed by atoms with E-state index >= 15 is 0 Å². The maximum absolute atomic E-state index is 12.1. The quantitative estimate of drug-likeness (QED) is 0.272. The monoisotopic (exact) mass is 490 g/mol. The first kappa shape index (κ1) is 24.7. The van der Waals surface area contributed by atoms with Gasteiger partial charge < -0.3 is 14.2 Å². The molecule has 0 spiro atoms. The van der Waals surface area contributed by atoms with Crippen LogP contribution in [-0.4, -0.2) is 32.4 Å². The van der Waals surface area contributed by atoms with Gasteiger partial charge in [-0.05, 0) is 69.2 Å². The van der Waals surface area contributed by atoms with Crippen LogP contribution in [0.5, 0.6) is 17.2 Å². The maximum atomic E-state index is 12.1. The van der Waals surface area contributed by atoms with Gasteiger partial charge in [0.25, 0.3) is 5.91 Å². The number of ether oxygens (including phenoxy) is 3. The van der Waals surface area contributed by atoms with Crippen LogP contribution in [0, 0.1) is 0 Å². The summed E-state index contributed by atoms with van der Waals surface area (Å²) in [6.45, 7) is 9.04. The van der Waals surface area contributed by atoms with Crippen molar-refractivity contribution in [2.75, 3.05) is 20.3 Å². The Morgan fingerprint density at radius 1 is 1.10 bits per heavy atom. The number of hydrazone groups is 1. The number of benzene rings is 2. The van der Waals surface area contributed by atoms with Crippen LogP contribution in [0.4, 0.5) is 0 Å². The van der Waals surface area contributed by atoms with Crippen molar-refractivity contribution in [2.45, 2.75) is 46.0 Å². The molecule has 0 unspecified atom stereocenters. The highest BCUT2D eigenvalue weighted by atomic mass is 79.9. The van der Waals surface area contributed by atoms with Crippen molar-refractivity contribution in [3.63, 3.8) is 0 Å². The van der Waals surface area contributed by atoms with E-state index in [0.717, 1.165) is 22.9 Å². The second-order valence-electron chi connectivity index (χ2n) is 8.09. The lowest BCUT2D eigenvalue weighted by molar-refractivity contribution is -0.123. The van der Waals surface area contributed by atoms with Gasteiger partial charge in [-0.1, -0.05) is 40.2 Å². The minimum atomic E-state index is -0.352. The number of methoxy groups -OCH3 is 1. The summed E-state index contributed by atoms with van der Waals surface area (Å²) in [4.78, 5) is 12.1. The molecule has 1 amide bonds. The zero-order valence-electron chi connectivity index (χ0n) is 18.8. The van der Waals surface area contributed by atoms with Crippen LogP contribution >= 0.6 is 15.9 Å². The lowest BCUT2D eigenvalue weighted by Crippen LogP contribution is -2.24. The molecule has 0 fully saturated rings. The SMILES string of the molecule is CCCCOc1ccc(/C=N/NC(=O)COc2ccc(C(C)(C)C)cc2Br)cc1OC. The zero-order valence-corrected chi connectivity index (χ0v) is 20.4. The predicted octanol–water partition coefficient (Wildman–Crippen LogP) is 5.46. The molecule has 0 aliphatic heterocycles. The Balaban J connectivity index is 1.88. The lowest BCUT2D eigenvalue weighted by Gasteiger charge is -2.20. The van der Waals surface area contributed by atoms with E-state index in [2.05, 4.69) is 54.2 Å². The molecule has 0 saturated heterocycles. The van der Waals surface area contributed by atoms with Gasteiger partial charge in [0.05, 0.1) is 24.4 Å². The number of unbranched alkanes of at least 4 members (excludes halogenated alkanes) is 1. The number of nitrogens with one attached hydrogen (secondary N) is 1. The number of rotatable bonds is 10. The third-order valence-electron chi connectivity index (χ3n) is 4.50. The fourth-order valence-corrected chi connectivity index (χ4v) is 3.14. The Hall–Kier alpha value is -2.54. The second-order valence-corrected chi connectivity index (χ2v) is 8.94. The number of carbonyl (C=O) groups is 1. The number of nitrogens with zero attached hydrogens (tertiary/aromatic N) is 1. The third-order valence-corrected chi connectivity index (χ3v) is 5.12. The van der Waals surface area contributed by atoms with Crippen molar-refractivity contribution in [3.05, 3.63) is 52.0 Å². The van der Waals surface area contributed by atoms with Crippen molar-refractivity contribution in [1.29, 1.82) is 0 Å². The first-order valence-corrected chi connectivity index (χ1v) is 11.1. The summed E-state index contributed by atoms with van der Waals surface area (Å²) in [6, 6.07) is 11.4. The summed E-state index contributed by atoms with van der Waals surface area (Å²) in [7, 11) is 1.59. The first-order chi connectivity index (χ1) is 14.7. The van der Waals surface area contributed by atoms with Gasteiger partial charge in [0, 0.05) is 0 Å². The largest absolute Gasteiger partial charge is 0.493 e. The van der Waals surface area contributed by atoms with E-state index in [-0.39, 0.29) is 17.9 Å². The molecule has 168 valence electrons. The summed E-state index contributed by atoms with van der Waals surface area (Å²) in [5, 5.41) is 3.99. The zero-order chi connectivity index (χ0) is 22.9. The molecule has 1 N–H and O–H groups in total. The van der Waals surface area contributed by atoms with E-state index < -0.39 is 0 Å². The van der Waals surface area contributed by atoms with Crippen LogP contribution < -0.4 is 19.6 Å². The lowest BCUT2D eigenvalue weighted by atomic mass is 9.87. The molecule has 0 radical (unpaired) electrons. The van der Waals surface area contributed by atoms with Gasteiger partial charge in [0.15, 0.2) is 18.1 Å².